The van der Waals surface area contributed by atoms with Gasteiger partial charge < -0.3 is 10.1 Å². The third-order valence-electron chi connectivity index (χ3n) is 5.10. The minimum absolute atomic E-state index is 0.0300. The molecule has 27 heavy (non-hydrogen) atoms. The van der Waals surface area contributed by atoms with Crippen LogP contribution < -0.4 is 5.32 Å². The van der Waals surface area contributed by atoms with E-state index < -0.39 is 0 Å². The van der Waals surface area contributed by atoms with Crippen LogP contribution in [0.25, 0.3) is 11.3 Å². The lowest BCUT2D eigenvalue weighted by Gasteiger charge is -2.37. The van der Waals surface area contributed by atoms with Crippen molar-refractivity contribution in [1.82, 2.24) is 15.2 Å². The second-order valence-corrected chi connectivity index (χ2v) is 6.79. The molecule has 5 nitrogen and oxygen atoms in total. The number of nitrogens with zero attached hydrogens (tertiary/aromatic N) is 3. The van der Waals surface area contributed by atoms with Crippen LogP contribution in [0.3, 0.4) is 0 Å². The summed E-state index contributed by atoms with van der Waals surface area (Å²) in [7, 11) is 0. The smallest absolute Gasteiger partial charge is 0.243 e. The Morgan fingerprint density at radius 3 is 2.63 bits per heavy atom. The summed E-state index contributed by atoms with van der Waals surface area (Å²) in [5.41, 5.74) is 2.53. The molecule has 3 aromatic rings. The normalized spacial score (nSPS) is 16.0. The third-order valence-corrected chi connectivity index (χ3v) is 5.10. The number of halogens is 1. The maximum absolute atomic E-state index is 13.5. The Labute approximate surface area is 157 Å². The minimum atomic E-state index is -0.300. The lowest BCUT2D eigenvalue weighted by molar-refractivity contribution is 0.0543. The van der Waals surface area contributed by atoms with Gasteiger partial charge in [0, 0.05) is 30.7 Å². The first-order chi connectivity index (χ1) is 13.3. The fourth-order valence-corrected chi connectivity index (χ4v) is 3.53. The second-order valence-electron chi connectivity index (χ2n) is 6.79. The predicted octanol–water partition coefficient (Wildman–Crippen LogP) is 3.84. The van der Waals surface area contributed by atoms with Gasteiger partial charge in [-0.05, 0) is 30.5 Å². The molecule has 0 unspecified atom stereocenters. The first-order valence-corrected chi connectivity index (χ1v) is 9.08. The molecule has 1 N–H and O–H groups in total. The van der Waals surface area contributed by atoms with Gasteiger partial charge in [0.05, 0.1) is 11.9 Å². The lowest BCUT2D eigenvalue weighted by Crippen LogP contribution is -2.40. The number of benzene rings is 2. The zero-order chi connectivity index (χ0) is 18.5. The third kappa shape index (κ3) is 3.95. The van der Waals surface area contributed by atoms with Crippen LogP contribution >= 0.6 is 0 Å². The highest BCUT2D eigenvalue weighted by Crippen LogP contribution is 2.34. The summed E-state index contributed by atoms with van der Waals surface area (Å²) in [5.74, 6) is 0.143. The SMILES string of the molecule is Fc1cccc(-c2cnnc(NCC3(c4ccccc4)CCOCC3)n2)c1. The van der Waals surface area contributed by atoms with Gasteiger partial charge in [-0.2, -0.15) is 5.10 Å². The quantitative estimate of drug-likeness (QED) is 0.745. The van der Waals surface area contributed by atoms with Gasteiger partial charge in [0.15, 0.2) is 0 Å². The van der Waals surface area contributed by atoms with Crippen LogP contribution in [0, 0.1) is 5.82 Å². The zero-order valence-corrected chi connectivity index (χ0v) is 14.9. The molecular weight excluding hydrogens is 343 g/mol. The van der Waals surface area contributed by atoms with Gasteiger partial charge in [-0.25, -0.2) is 9.37 Å². The molecule has 0 atom stereocenters. The molecule has 1 saturated heterocycles. The number of ether oxygens (including phenoxy) is 1. The number of anilines is 1. The molecule has 1 fully saturated rings. The number of rotatable bonds is 5. The Morgan fingerprint density at radius 1 is 1.04 bits per heavy atom. The molecule has 0 radical (unpaired) electrons. The van der Waals surface area contributed by atoms with Gasteiger partial charge in [-0.15, -0.1) is 5.10 Å². The fourth-order valence-electron chi connectivity index (χ4n) is 3.53. The van der Waals surface area contributed by atoms with Crippen LogP contribution in [0.15, 0.2) is 60.8 Å². The Balaban J connectivity index is 1.56. The van der Waals surface area contributed by atoms with Crippen molar-refractivity contribution in [3.8, 4) is 11.3 Å². The van der Waals surface area contributed by atoms with E-state index in [1.165, 1.54) is 17.7 Å². The van der Waals surface area contributed by atoms with Crippen LogP contribution in [-0.2, 0) is 10.2 Å². The molecule has 0 bridgehead atoms. The molecule has 2 heterocycles. The zero-order valence-electron chi connectivity index (χ0n) is 14.9. The van der Waals surface area contributed by atoms with E-state index >= 15 is 0 Å². The summed E-state index contributed by atoms with van der Waals surface area (Å²) in [4.78, 5) is 4.51. The molecule has 0 aliphatic carbocycles. The van der Waals surface area contributed by atoms with Crippen molar-refractivity contribution < 1.29 is 9.13 Å². The van der Waals surface area contributed by atoms with Gasteiger partial charge in [0.25, 0.3) is 0 Å². The maximum Gasteiger partial charge on any atom is 0.243 e. The average molecular weight is 364 g/mol. The highest BCUT2D eigenvalue weighted by molar-refractivity contribution is 5.58. The number of hydrogen-bond donors (Lipinski definition) is 1. The van der Waals surface area contributed by atoms with Crippen molar-refractivity contribution in [3.05, 3.63) is 72.2 Å². The average Bonchev–Trinajstić information content (AvgIpc) is 2.74. The highest BCUT2D eigenvalue weighted by atomic mass is 19.1. The van der Waals surface area contributed by atoms with Crippen molar-refractivity contribution in [1.29, 1.82) is 0 Å². The topological polar surface area (TPSA) is 59.9 Å². The van der Waals surface area contributed by atoms with Gasteiger partial charge >= 0.3 is 0 Å². The molecule has 1 aromatic heterocycles. The Kier molecular flexibility index (Phi) is 5.07. The van der Waals surface area contributed by atoms with Gasteiger partial charge in [0.2, 0.25) is 5.95 Å². The number of hydrogen-bond acceptors (Lipinski definition) is 5. The van der Waals surface area contributed by atoms with E-state index in [-0.39, 0.29) is 11.2 Å². The van der Waals surface area contributed by atoms with Crippen molar-refractivity contribution in [2.75, 3.05) is 25.1 Å². The molecule has 0 amide bonds. The van der Waals surface area contributed by atoms with Crippen molar-refractivity contribution >= 4 is 5.95 Å². The molecule has 0 spiro atoms. The molecule has 2 aromatic carbocycles. The van der Waals surface area contributed by atoms with Crippen LogP contribution in [0.2, 0.25) is 0 Å². The summed E-state index contributed by atoms with van der Waals surface area (Å²) in [6, 6.07) is 16.8. The molecule has 4 rings (SSSR count). The van der Waals surface area contributed by atoms with Crippen LogP contribution in [0.4, 0.5) is 10.3 Å². The fraction of sp³-hybridized carbons (Fsp3) is 0.286. The molecule has 1 aliphatic rings. The molecule has 1 aliphatic heterocycles. The van der Waals surface area contributed by atoms with Crippen LogP contribution in [0.5, 0.6) is 0 Å². The van der Waals surface area contributed by atoms with Gasteiger partial charge in [-0.3, -0.25) is 0 Å². The van der Waals surface area contributed by atoms with E-state index in [2.05, 4.69) is 44.8 Å². The molecular formula is C21H21FN4O. The second kappa shape index (κ2) is 7.80. The van der Waals surface area contributed by atoms with Crippen molar-refractivity contribution in [2.45, 2.75) is 18.3 Å². The van der Waals surface area contributed by atoms with Crippen LogP contribution in [-0.4, -0.2) is 34.9 Å². The maximum atomic E-state index is 13.5. The monoisotopic (exact) mass is 364 g/mol. The molecule has 138 valence electrons. The first-order valence-electron chi connectivity index (χ1n) is 9.08. The van der Waals surface area contributed by atoms with E-state index in [9.17, 15) is 4.39 Å². The summed E-state index contributed by atoms with van der Waals surface area (Å²) in [6.45, 7) is 2.16. The Morgan fingerprint density at radius 2 is 1.85 bits per heavy atom. The lowest BCUT2D eigenvalue weighted by atomic mass is 9.74. The van der Waals surface area contributed by atoms with Crippen molar-refractivity contribution in [3.63, 3.8) is 0 Å². The van der Waals surface area contributed by atoms with Gasteiger partial charge in [-0.1, -0.05) is 42.5 Å². The largest absolute Gasteiger partial charge is 0.381 e. The number of nitrogens with one attached hydrogen (secondary N) is 1. The van der Waals surface area contributed by atoms with Gasteiger partial charge in [0.1, 0.15) is 5.82 Å². The molecule has 0 saturated carbocycles. The van der Waals surface area contributed by atoms with Crippen LogP contribution in [0.1, 0.15) is 18.4 Å². The molecule has 6 heteroatoms. The summed E-state index contributed by atoms with van der Waals surface area (Å²) < 4.78 is 19.1. The Bertz CT molecular complexity index is 897. The van der Waals surface area contributed by atoms with E-state index in [1.54, 1.807) is 18.3 Å². The summed E-state index contributed by atoms with van der Waals surface area (Å²) >= 11 is 0. The minimum Gasteiger partial charge on any atom is -0.381 e. The summed E-state index contributed by atoms with van der Waals surface area (Å²) in [5, 5.41) is 11.5. The Hall–Kier alpha value is -2.86. The number of aromatic nitrogens is 3. The van der Waals surface area contributed by atoms with E-state index in [0.717, 1.165) is 26.1 Å². The van der Waals surface area contributed by atoms with Crippen molar-refractivity contribution in [2.24, 2.45) is 0 Å². The highest BCUT2D eigenvalue weighted by Gasteiger charge is 2.34. The summed E-state index contributed by atoms with van der Waals surface area (Å²) in [6.07, 6.45) is 3.41. The van der Waals surface area contributed by atoms with E-state index in [0.29, 0.717) is 23.8 Å². The predicted molar refractivity (Wildman–Crippen MR) is 102 cm³/mol. The van der Waals surface area contributed by atoms with E-state index in [1.807, 2.05) is 6.07 Å². The van der Waals surface area contributed by atoms with E-state index in [4.69, 9.17) is 4.74 Å². The standard InChI is InChI=1S/C21H21FN4O/c22-18-8-4-5-16(13-18)19-14-24-26-20(25-19)23-15-21(9-11-27-12-10-21)17-6-2-1-3-7-17/h1-8,13-14H,9-12,15H2,(H,23,25,26). The first kappa shape index (κ1) is 17.5.